The monoisotopic (exact) mass is 350 g/mol. The number of para-hydroxylation sites is 2. The van der Waals surface area contributed by atoms with E-state index < -0.39 is 0 Å². The minimum atomic E-state index is -0.165. The Balaban J connectivity index is 1.48. The highest BCUT2D eigenvalue weighted by Gasteiger charge is 2.09. The minimum Gasteiger partial charge on any atom is -0.322 e. The van der Waals surface area contributed by atoms with Crippen LogP contribution in [0.5, 0.6) is 0 Å². The molecule has 3 aromatic rings. The van der Waals surface area contributed by atoms with Gasteiger partial charge in [0.25, 0.3) is 5.91 Å². The number of thioether (sulfide) groups is 1. The van der Waals surface area contributed by atoms with E-state index in [1.54, 1.807) is 12.3 Å². The fourth-order valence-electron chi connectivity index (χ4n) is 2.29. The van der Waals surface area contributed by atoms with E-state index in [2.05, 4.69) is 15.5 Å². The van der Waals surface area contributed by atoms with Crippen molar-refractivity contribution < 1.29 is 4.79 Å². The number of nitrogens with one attached hydrogen (secondary N) is 1. The van der Waals surface area contributed by atoms with Gasteiger partial charge in [0.15, 0.2) is 5.16 Å². The van der Waals surface area contributed by atoms with Gasteiger partial charge in [-0.1, -0.05) is 60.3 Å². The van der Waals surface area contributed by atoms with Crippen molar-refractivity contribution >= 4 is 41.0 Å². The van der Waals surface area contributed by atoms with Crippen LogP contribution in [0.3, 0.4) is 0 Å². The lowest BCUT2D eigenvalue weighted by molar-refractivity contribution is -0.118. The van der Waals surface area contributed by atoms with E-state index in [-0.39, 0.29) is 11.7 Å². The number of aromatic nitrogens is 2. The first-order valence-electron chi connectivity index (χ1n) is 7.82. The summed E-state index contributed by atoms with van der Waals surface area (Å²) < 4.78 is 1.99. The van der Waals surface area contributed by atoms with Crippen LogP contribution in [0.25, 0.3) is 17.1 Å². The summed E-state index contributed by atoms with van der Waals surface area (Å²) >= 11 is 1.39. The van der Waals surface area contributed by atoms with Crippen molar-refractivity contribution in [2.24, 2.45) is 12.1 Å². The number of benzene rings is 2. The van der Waals surface area contributed by atoms with Crippen molar-refractivity contribution in [3.05, 3.63) is 66.2 Å². The van der Waals surface area contributed by atoms with E-state index in [1.165, 1.54) is 11.8 Å². The van der Waals surface area contributed by atoms with Crippen molar-refractivity contribution in [1.82, 2.24) is 15.0 Å². The standard InChI is InChI=1S/C19H18N4OS/c1-23-17-12-6-5-11-16(17)21-19(23)25-14-18(24)22-20-13-7-10-15-8-3-2-4-9-15/h2-13H,14H2,1H3,(H,22,24)/b10-7+,20-13-. The van der Waals surface area contributed by atoms with E-state index in [9.17, 15) is 4.79 Å². The smallest absolute Gasteiger partial charge is 0.250 e. The maximum Gasteiger partial charge on any atom is 0.250 e. The van der Waals surface area contributed by atoms with Gasteiger partial charge in [-0.15, -0.1) is 0 Å². The first-order valence-corrected chi connectivity index (χ1v) is 8.80. The van der Waals surface area contributed by atoms with Crippen LogP contribution in [-0.4, -0.2) is 27.4 Å². The SMILES string of the molecule is Cn1c(SCC(=O)N/N=C\C=C\c2ccccc2)nc2ccccc21. The molecule has 0 saturated heterocycles. The molecule has 0 bridgehead atoms. The quantitative estimate of drug-likeness (QED) is 0.421. The van der Waals surface area contributed by atoms with Gasteiger partial charge in [-0.05, 0) is 23.8 Å². The highest BCUT2D eigenvalue weighted by Crippen LogP contribution is 2.22. The van der Waals surface area contributed by atoms with Gasteiger partial charge in [-0.2, -0.15) is 5.10 Å². The number of amides is 1. The molecular weight excluding hydrogens is 332 g/mol. The third-order valence-electron chi connectivity index (χ3n) is 3.52. The topological polar surface area (TPSA) is 59.3 Å². The number of carbonyl (C=O) groups excluding carboxylic acids is 1. The van der Waals surface area contributed by atoms with Crippen molar-refractivity contribution in [3.63, 3.8) is 0 Å². The Morgan fingerprint density at radius 1 is 1.20 bits per heavy atom. The van der Waals surface area contributed by atoms with Gasteiger partial charge in [-0.25, -0.2) is 10.4 Å². The maximum atomic E-state index is 11.9. The van der Waals surface area contributed by atoms with Gasteiger partial charge >= 0.3 is 0 Å². The van der Waals surface area contributed by atoms with Gasteiger partial charge in [-0.3, -0.25) is 4.79 Å². The van der Waals surface area contributed by atoms with E-state index in [0.29, 0.717) is 0 Å². The average Bonchev–Trinajstić information content (AvgIpc) is 2.97. The summed E-state index contributed by atoms with van der Waals surface area (Å²) in [5.74, 6) is 0.0955. The molecule has 126 valence electrons. The average molecular weight is 350 g/mol. The number of hydrogen-bond donors (Lipinski definition) is 1. The van der Waals surface area contributed by atoms with Gasteiger partial charge in [0.1, 0.15) is 0 Å². The summed E-state index contributed by atoms with van der Waals surface area (Å²) in [7, 11) is 1.95. The Labute approximate surface area is 150 Å². The molecule has 0 unspecified atom stereocenters. The van der Waals surface area contributed by atoms with Crippen molar-refractivity contribution in [2.45, 2.75) is 5.16 Å². The zero-order valence-electron chi connectivity index (χ0n) is 13.8. The molecule has 0 aliphatic carbocycles. The van der Waals surface area contributed by atoms with Crippen molar-refractivity contribution in [2.75, 3.05) is 5.75 Å². The van der Waals surface area contributed by atoms with Crippen LogP contribution in [0.2, 0.25) is 0 Å². The molecule has 0 aliphatic heterocycles. The summed E-state index contributed by atoms with van der Waals surface area (Å²) in [6.07, 6.45) is 5.27. The largest absolute Gasteiger partial charge is 0.322 e. The van der Waals surface area contributed by atoms with Crippen molar-refractivity contribution in [3.8, 4) is 0 Å². The first-order chi connectivity index (χ1) is 12.2. The highest BCUT2D eigenvalue weighted by molar-refractivity contribution is 7.99. The van der Waals surface area contributed by atoms with Crippen LogP contribution in [0.1, 0.15) is 5.56 Å². The van der Waals surface area contributed by atoms with E-state index >= 15 is 0 Å². The van der Waals surface area contributed by atoms with Crippen LogP contribution in [0, 0.1) is 0 Å². The number of allylic oxidation sites excluding steroid dienone is 1. The van der Waals surface area contributed by atoms with Crippen LogP contribution >= 0.6 is 11.8 Å². The predicted molar refractivity (Wildman–Crippen MR) is 104 cm³/mol. The Bertz CT molecular complexity index is 916. The second-order valence-corrected chi connectivity index (χ2v) is 6.26. The number of carbonyl (C=O) groups is 1. The zero-order valence-corrected chi connectivity index (χ0v) is 14.6. The van der Waals surface area contributed by atoms with Crippen molar-refractivity contribution in [1.29, 1.82) is 0 Å². The third kappa shape index (κ3) is 4.58. The molecule has 0 fully saturated rings. The molecule has 5 nitrogen and oxygen atoms in total. The maximum absolute atomic E-state index is 11.9. The molecule has 1 heterocycles. The lowest BCUT2D eigenvalue weighted by atomic mass is 10.2. The summed E-state index contributed by atoms with van der Waals surface area (Å²) in [4.78, 5) is 16.4. The molecule has 1 amide bonds. The lowest BCUT2D eigenvalue weighted by Gasteiger charge is -2.01. The molecule has 2 aromatic carbocycles. The molecular formula is C19H18N4OS. The summed E-state index contributed by atoms with van der Waals surface area (Å²) in [5, 5.41) is 4.72. The van der Waals surface area contributed by atoms with E-state index in [1.807, 2.05) is 72.3 Å². The second kappa shape index (κ2) is 8.30. The second-order valence-electron chi connectivity index (χ2n) is 5.31. The van der Waals surface area contributed by atoms with Gasteiger partial charge in [0.05, 0.1) is 16.8 Å². The number of aryl methyl sites for hydroxylation is 1. The lowest BCUT2D eigenvalue weighted by Crippen LogP contribution is -2.19. The molecule has 0 saturated carbocycles. The molecule has 6 heteroatoms. The number of hydrogen-bond acceptors (Lipinski definition) is 4. The Morgan fingerprint density at radius 2 is 1.96 bits per heavy atom. The molecule has 0 aliphatic rings. The summed E-state index contributed by atoms with van der Waals surface area (Å²) in [6, 6.07) is 17.8. The van der Waals surface area contributed by atoms with Gasteiger partial charge < -0.3 is 4.57 Å². The third-order valence-corrected chi connectivity index (χ3v) is 4.55. The number of nitrogens with zero attached hydrogens (tertiary/aromatic N) is 3. The van der Waals surface area contributed by atoms with E-state index in [4.69, 9.17) is 0 Å². The Morgan fingerprint density at radius 3 is 2.76 bits per heavy atom. The number of rotatable bonds is 6. The predicted octanol–water partition coefficient (Wildman–Crippen LogP) is 3.48. The number of hydrazone groups is 1. The number of imidazole rings is 1. The summed E-state index contributed by atoms with van der Waals surface area (Å²) in [5.41, 5.74) is 5.57. The zero-order chi connectivity index (χ0) is 17.5. The molecule has 1 aromatic heterocycles. The fraction of sp³-hybridized carbons (Fsp3) is 0.105. The van der Waals surface area contributed by atoms with Gasteiger partial charge in [0, 0.05) is 13.3 Å². The normalized spacial score (nSPS) is 11.6. The fourth-order valence-corrected chi connectivity index (χ4v) is 3.07. The molecule has 0 radical (unpaired) electrons. The van der Waals surface area contributed by atoms with Crippen LogP contribution in [0.15, 0.2) is 70.9 Å². The molecule has 25 heavy (non-hydrogen) atoms. The van der Waals surface area contributed by atoms with Crippen LogP contribution in [0.4, 0.5) is 0 Å². The Kier molecular flexibility index (Phi) is 5.64. The minimum absolute atomic E-state index is 0.165. The number of fused-ring (bicyclic) bond motifs is 1. The summed E-state index contributed by atoms with van der Waals surface area (Å²) in [6.45, 7) is 0. The Hall–Kier alpha value is -2.86. The van der Waals surface area contributed by atoms with Crippen LogP contribution < -0.4 is 5.43 Å². The van der Waals surface area contributed by atoms with E-state index in [0.717, 1.165) is 21.8 Å². The van der Waals surface area contributed by atoms with Crippen LogP contribution in [-0.2, 0) is 11.8 Å². The molecule has 0 spiro atoms. The van der Waals surface area contributed by atoms with Gasteiger partial charge in [0.2, 0.25) is 0 Å². The highest BCUT2D eigenvalue weighted by atomic mass is 32.2. The molecule has 1 N–H and O–H groups in total. The molecule has 0 atom stereocenters. The first kappa shape index (κ1) is 17.0. The molecule has 3 rings (SSSR count).